The highest BCUT2D eigenvalue weighted by molar-refractivity contribution is 6.03. The van der Waals surface area contributed by atoms with Crippen molar-refractivity contribution in [1.82, 2.24) is 19.8 Å². The molecule has 0 radical (unpaired) electrons. The summed E-state index contributed by atoms with van der Waals surface area (Å²) < 4.78 is 7.14. The van der Waals surface area contributed by atoms with Gasteiger partial charge in [-0.15, -0.1) is 0 Å². The number of benzene rings is 1. The zero-order chi connectivity index (χ0) is 18.6. The van der Waals surface area contributed by atoms with Gasteiger partial charge in [0.05, 0.1) is 18.4 Å². The summed E-state index contributed by atoms with van der Waals surface area (Å²) in [6.07, 6.45) is 3.43. The Kier molecular flexibility index (Phi) is 4.88. The lowest BCUT2D eigenvalue weighted by molar-refractivity contribution is 0.101. The van der Waals surface area contributed by atoms with E-state index in [1.807, 2.05) is 30.3 Å². The summed E-state index contributed by atoms with van der Waals surface area (Å²) in [4.78, 5) is 16.8. The lowest BCUT2D eigenvalue weighted by Crippen LogP contribution is -2.44. The third-order valence-electron chi connectivity index (χ3n) is 4.62. The molecule has 3 heterocycles. The van der Waals surface area contributed by atoms with Gasteiger partial charge in [-0.2, -0.15) is 5.10 Å². The maximum Gasteiger partial charge on any atom is 0.278 e. The standard InChI is InChI=1S/C19H22N6O2/c1-23-7-9-24(10-8-23)18-11-17(22-27-18)19(26)21-16-12-20-25(14-16)13-15-5-3-2-4-6-15/h2-6,11-12,14H,7-10,13H2,1H3,(H,21,26). The van der Waals surface area contributed by atoms with Gasteiger partial charge in [-0.05, 0) is 12.6 Å². The molecule has 1 amide bonds. The van der Waals surface area contributed by atoms with Crippen LogP contribution < -0.4 is 10.2 Å². The molecule has 0 atom stereocenters. The molecule has 0 unspecified atom stereocenters. The molecule has 1 saturated heterocycles. The van der Waals surface area contributed by atoms with E-state index in [9.17, 15) is 4.79 Å². The number of hydrogen-bond acceptors (Lipinski definition) is 6. The molecule has 3 aromatic rings. The number of nitrogens with one attached hydrogen (secondary N) is 1. The van der Waals surface area contributed by atoms with Gasteiger partial charge < -0.3 is 19.6 Å². The van der Waals surface area contributed by atoms with E-state index in [0.29, 0.717) is 18.1 Å². The van der Waals surface area contributed by atoms with Crippen LogP contribution in [0.3, 0.4) is 0 Å². The second kappa shape index (κ2) is 7.63. The van der Waals surface area contributed by atoms with Crippen LogP contribution in [0, 0.1) is 0 Å². The van der Waals surface area contributed by atoms with E-state index in [-0.39, 0.29) is 11.6 Å². The molecule has 140 valence electrons. The zero-order valence-electron chi connectivity index (χ0n) is 15.2. The fourth-order valence-electron chi connectivity index (χ4n) is 3.03. The number of hydrogen-bond donors (Lipinski definition) is 1. The molecule has 0 spiro atoms. The molecule has 1 aliphatic heterocycles. The van der Waals surface area contributed by atoms with Gasteiger partial charge in [-0.25, -0.2) is 0 Å². The number of carbonyl (C=O) groups is 1. The molecular weight excluding hydrogens is 344 g/mol. The lowest BCUT2D eigenvalue weighted by atomic mass is 10.2. The second-order valence-electron chi connectivity index (χ2n) is 6.71. The van der Waals surface area contributed by atoms with Crippen molar-refractivity contribution in [2.24, 2.45) is 0 Å². The molecule has 1 N–H and O–H groups in total. The summed E-state index contributed by atoms with van der Waals surface area (Å²) in [5.74, 6) is 0.325. The third-order valence-corrected chi connectivity index (χ3v) is 4.62. The predicted molar refractivity (Wildman–Crippen MR) is 102 cm³/mol. The van der Waals surface area contributed by atoms with Crippen molar-refractivity contribution >= 4 is 17.5 Å². The van der Waals surface area contributed by atoms with Gasteiger partial charge in [0.25, 0.3) is 5.91 Å². The van der Waals surface area contributed by atoms with E-state index in [2.05, 4.69) is 32.4 Å². The number of piperazine rings is 1. The van der Waals surface area contributed by atoms with Crippen LogP contribution in [0.15, 0.2) is 53.3 Å². The summed E-state index contributed by atoms with van der Waals surface area (Å²) in [7, 11) is 2.09. The Balaban J connectivity index is 1.37. The van der Waals surface area contributed by atoms with Crippen molar-refractivity contribution in [3.8, 4) is 0 Å². The number of likely N-dealkylation sites (N-methyl/N-ethyl adjacent to an activating group) is 1. The molecule has 4 rings (SSSR count). The molecule has 8 heteroatoms. The van der Waals surface area contributed by atoms with Gasteiger partial charge in [-0.1, -0.05) is 35.5 Å². The van der Waals surface area contributed by atoms with E-state index >= 15 is 0 Å². The second-order valence-corrected chi connectivity index (χ2v) is 6.71. The van der Waals surface area contributed by atoms with E-state index in [1.165, 1.54) is 0 Å². The highest BCUT2D eigenvalue weighted by Gasteiger charge is 2.20. The van der Waals surface area contributed by atoms with Gasteiger partial charge in [-0.3, -0.25) is 9.48 Å². The topological polar surface area (TPSA) is 79.4 Å². The summed E-state index contributed by atoms with van der Waals surface area (Å²) in [6.45, 7) is 4.29. The SMILES string of the molecule is CN1CCN(c2cc(C(=O)Nc3cnn(Cc4ccccc4)c3)no2)CC1. The van der Waals surface area contributed by atoms with Crippen molar-refractivity contribution in [2.45, 2.75) is 6.54 Å². The third kappa shape index (κ3) is 4.17. The Morgan fingerprint density at radius 2 is 1.96 bits per heavy atom. The molecule has 0 saturated carbocycles. The average molecular weight is 366 g/mol. The fourth-order valence-corrected chi connectivity index (χ4v) is 3.03. The van der Waals surface area contributed by atoms with E-state index in [1.54, 1.807) is 23.1 Å². The number of anilines is 2. The van der Waals surface area contributed by atoms with Crippen LogP contribution in [0.1, 0.15) is 16.1 Å². The van der Waals surface area contributed by atoms with Gasteiger partial charge in [0, 0.05) is 38.4 Å². The van der Waals surface area contributed by atoms with E-state index in [0.717, 1.165) is 31.7 Å². The normalized spacial score (nSPS) is 15.1. The maximum absolute atomic E-state index is 12.4. The summed E-state index contributed by atoms with van der Waals surface area (Å²) in [6, 6.07) is 11.7. The largest absolute Gasteiger partial charge is 0.338 e. The minimum Gasteiger partial charge on any atom is -0.338 e. The number of carbonyl (C=O) groups excluding carboxylic acids is 1. The first-order chi connectivity index (χ1) is 13.2. The molecule has 0 bridgehead atoms. The molecule has 1 aromatic carbocycles. The lowest BCUT2D eigenvalue weighted by Gasteiger charge is -2.31. The van der Waals surface area contributed by atoms with Crippen LogP contribution in [-0.4, -0.2) is 59.0 Å². The maximum atomic E-state index is 12.4. The minimum atomic E-state index is -0.307. The van der Waals surface area contributed by atoms with Gasteiger partial charge in [0.1, 0.15) is 0 Å². The van der Waals surface area contributed by atoms with Crippen molar-refractivity contribution in [1.29, 1.82) is 0 Å². The monoisotopic (exact) mass is 366 g/mol. The van der Waals surface area contributed by atoms with Crippen LogP contribution >= 0.6 is 0 Å². The van der Waals surface area contributed by atoms with Crippen molar-refractivity contribution in [2.75, 3.05) is 43.4 Å². The van der Waals surface area contributed by atoms with Crippen LogP contribution in [0.25, 0.3) is 0 Å². The smallest absolute Gasteiger partial charge is 0.278 e. The highest BCUT2D eigenvalue weighted by atomic mass is 16.5. The highest BCUT2D eigenvalue weighted by Crippen LogP contribution is 2.18. The Morgan fingerprint density at radius 3 is 2.74 bits per heavy atom. The predicted octanol–water partition coefficient (Wildman–Crippen LogP) is 1.92. The zero-order valence-corrected chi connectivity index (χ0v) is 15.2. The number of aromatic nitrogens is 3. The molecule has 8 nitrogen and oxygen atoms in total. The molecular formula is C19H22N6O2. The minimum absolute atomic E-state index is 0.264. The molecule has 1 aliphatic rings. The van der Waals surface area contributed by atoms with Crippen LogP contribution in [0.4, 0.5) is 11.6 Å². The Bertz CT molecular complexity index is 896. The Morgan fingerprint density at radius 1 is 1.19 bits per heavy atom. The molecule has 1 fully saturated rings. The average Bonchev–Trinajstić information content (AvgIpc) is 3.33. The molecule has 0 aliphatic carbocycles. The van der Waals surface area contributed by atoms with Crippen molar-refractivity contribution < 1.29 is 9.32 Å². The first-order valence-corrected chi connectivity index (χ1v) is 8.95. The van der Waals surface area contributed by atoms with E-state index < -0.39 is 0 Å². The quantitative estimate of drug-likeness (QED) is 0.743. The summed E-state index contributed by atoms with van der Waals surface area (Å²) in [5, 5.41) is 11.0. The first kappa shape index (κ1) is 17.3. The van der Waals surface area contributed by atoms with Gasteiger partial charge in [0.2, 0.25) is 5.88 Å². The first-order valence-electron chi connectivity index (χ1n) is 8.95. The van der Waals surface area contributed by atoms with Crippen molar-refractivity contribution in [3.63, 3.8) is 0 Å². The van der Waals surface area contributed by atoms with Crippen LogP contribution in [-0.2, 0) is 6.54 Å². The number of rotatable bonds is 5. The van der Waals surface area contributed by atoms with E-state index in [4.69, 9.17) is 4.52 Å². The van der Waals surface area contributed by atoms with Gasteiger partial charge >= 0.3 is 0 Å². The van der Waals surface area contributed by atoms with Crippen LogP contribution in [0.5, 0.6) is 0 Å². The summed E-state index contributed by atoms with van der Waals surface area (Å²) in [5.41, 5.74) is 2.03. The van der Waals surface area contributed by atoms with Crippen molar-refractivity contribution in [3.05, 3.63) is 60.0 Å². The Labute approximate surface area is 157 Å². The van der Waals surface area contributed by atoms with Gasteiger partial charge in [0.15, 0.2) is 5.69 Å². The number of nitrogens with zero attached hydrogens (tertiary/aromatic N) is 5. The Hall–Kier alpha value is -3.13. The fraction of sp³-hybridized carbons (Fsp3) is 0.316. The van der Waals surface area contributed by atoms with Crippen LogP contribution in [0.2, 0.25) is 0 Å². The number of amides is 1. The summed E-state index contributed by atoms with van der Waals surface area (Å²) >= 11 is 0. The molecule has 2 aromatic heterocycles. The molecule has 27 heavy (non-hydrogen) atoms.